The number of rotatable bonds is 2. The van der Waals surface area contributed by atoms with Gasteiger partial charge in [-0.05, 0) is 11.8 Å². The van der Waals surface area contributed by atoms with Crippen molar-refractivity contribution in [1.82, 2.24) is 0 Å². The van der Waals surface area contributed by atoms with Crippen molar-refractivity contribution >= 4 is 37.0 Å². The molecule has 0 aromatic heterocycles. The van der Waals surface area contributed by atoms with E-state index in [2.05, 4.69) is 69.0 Å². The predicted octanol–water partition coefficient (Wildman–Crippen LogP) is 5.82. The van der Waals surface area contributed by atoms with Gasteiger partial charge in [-0.15, -0.1) is 0 Å². The van der Waals surface area contributed by atoms with Gasteiger partial charge in [0.25, 0.3) is 0 Å². The highest BCUT2D eigenvalue weighted by atomic mass is 32.5. The summed E-state index contributed by atoms with van der Waals surface area (Å²) in [5, 5.41) is 0.161. The Morgan fingerprint density at radius 2 is 1.06 bits per heavy atom. The lowest BCUT2D eigenvalue weighted by Gasteiger charge is -2.54. The Kier molecular flexibility index (Phi) is 5.51. The molecule has 4 heteroatoms. The molecule has 0 heterocycles. The van der Waals surface area contributed by atoms with E-state index in [1.54, 1.807) is 0 Å². The molecule has 0 aliphatic carbocycles. The van der Waals surface area contributed by atoms with Crippen molar-refractivity contribution < 1.29 is 0 Å². The van der Waals surface area contributed by atoms with Crippen LogP contribution in [-0.4, -0.2) is 16.7 Å². The zero-order valence-electron chi connectivity index (χ0n) is 13.8. The van der Waals surface area contributed by atoms with Crippen LogP contribution in [0.15, 0.2) is 0 Å². The molecule has 0 radical (unpaired) electrons. The van der Waals surface area contributed by atoms with Crippen molar-refractivity contribution in [1.29, 1.82) is 0 Å². The molecule has 2 atom stereocenters. The first-order chi connectivity index (χ1) is 7.56. The van der Waals surface area contributed by atoms with Gasteiger partial charge in [-0.25, -0.2) is 0 Å². The molecule has 0 aromatic rings. The van der Waals surface area contributed by atoms with E-state index < -0.39 is 6.04 Å². The lowest BCUT2D eigenvalue weighted by Crippen LogP contribution is -2.51. The zero-order chi connectivity index (χ0) is 15.2. The van der Waals surface area contributed by atoms with Crippen molar-refractivity contribution in [2.45, 2.75) is 72.4 Å². The minimum Gasteiger partial charge on any atom is -0.0922 e. The second-order valence-corrected chi connectivity index (χ2v) is 16.4. The summed E-state index contributed by atoms with van der Waals surface area (Å²) in [7, 11) is 0.475. The lowest BCUT2D eigenvalue weighted by molar-refractivity contribution is 0.212. The molecule has 0 N–H and O–H groups in total. The van der Waals surface area contributed by atoms with Crippen LogP contribution in [0.25, 0.3) is 0 Å². The average molecular weight is 325 g/mol. The normalized spacial score (nSPS) is 18.8. The van der Waals surface area contributed by atoms with Crippen molar-refractivity contribution in [2.75, 3.05) is 6.66 Å². The van der Waals surface area contributed by atoms with Crippen LogP contribution in [0.2, 0.25) is 0 Å². The van der Waals surface area contributed by atoms with Crippen LogP contribution < -0.4 is 0 Å². The third kappa shape index (κ3) is 2.78. The van der Waals surface area contributed by atoms with Gasteiger partial charge in [0.1, 0.15) is 0 Å². The Labute approximate surface area is 127 Å². The summed E-state index contributed by atoms with van der Waals surface area (Å²) in [5.41, 5.74) is 0.284. The van der Waals surface area contributed by atoms with E-state index in [1.165, 1.54) is 0 Å². The summed E-state index contributed by atoms with van der Waals surface area (Å²) in [4.78, 5) is 0.0654. The topological polar surface area (TPSA) is 0 Å². The van der Waals surface area contributed by atoms with Crippen molar-refractivity contribution in [3.05, 3.63) is 0 Å². The van der Waals surface area contributed by atoms with Crippen LogP contribution in [0, 0.1) is 10.8 Å². The monoisotopic (exact) mass is 325 g/mol. The van der Waals surface area contributed by atoms with Crippen LogP contribution in [-0.2, 0) is 23.6 Å². The van der Waals surface area contributed by atoms with Gasteiger partial charge in [0.15, 0.2) is 24.1 Å². The van der Waals surface area contributed by atoms with E-state index in [0.29, 0.717) is 7.36 Å². The minimum absolute atomic E-state index is 0.0654. The van der Waals surface area contributed by atoms with Gasteiger partial charge in [-0.1, -0.05) is 74.1 Å². The molecule has 0 aromatic carbocycles. The molecule has 0 nitrogen and oxygen atoms in total. The van der Waals surface area contributed by atoms with E-state index in [1.807, 2.05) is 0 Å². The van der Waals surface area contributed by atoms with Crippen molar-refractivity contribution in [3.63, 3.8) is 0 Å². The average Bonchev–Trinajstić information content (AvgIpc) is 1.96. The fourth-order valence-corrected chi connectivity index (χ4v) is 15.2. The second kappa shape index (κ2) is 5.18. The first-order valence-electron chi connectivity index (χ1n) is 6.53. The third-order valence-corrected chi connectivity index (χ3v) is 17.2. The van der Waals surface area contributed by atoms with Crippen LogP contribution in [0.4, 0.5) is 0 Å². The minimum atomic E-state index is -1.62. The maximum absolute atomic E-state index is 6.26. The Morgan fingerprint density at radius 1 is 0.778 bits per heavy atom. The molecule has 0 amide bonds. The van der Waals surface area contributed by atoms with Gasteiger partial charge in [0, 0.05) is 16.9 Å². The molecule has 0 rings (SSSR count). The molecular weight excluding hydrogens is 294 g/mol. The fraction of sp³-hybridized carbons (Fsp3) is 1.00. The van der Waals surface area contributed by atoms with Crippen LogP contribution >= 0.6 is 13.4 Å². The highest BCUT2D eigenvalue weighted by Gasteiger charge is 2.65. The van der Waals surface area contributed by atoms with Crippen LogP contribution in [0.3, 0.4) is 0 Å². The Morgan fingerprint density at radius 3 is 1.11 bits per heavy atom. The molecule has 1 unspecified atom stereocenters. The summed E-state index contributed by atoms with van der Waals surface area (Å²) in [6.07, 6.45) is 0. The predicted molar refractivity (Wildman–Crippen MR) is 97.3 cm³/mol. The molecule has 0 fully saturated rings. The molecule has 0 bridgehead atoms. The molecule has 0 saturated heterocycles. The summed E-state index contributed by atoms with van der Waals surface area (Å²) in [6.45, 7) is 23.2. The summed E-state index contributed by atoms with van der Waals surface area (Å²) in [6, 6.07) is -1.62. The SMILES string of the molecule is CC(C)(C)C([PH+]=S)(C(C)(C)C)[P@@](C)(=S)C(C)(C)C. The molecule has 108 valence electrons. The van der Waals surface area contributed by atoms with Crippen LogP contribution in [0.1, 0.15) is 62.3 Å². The number of hydrogen-bond acceptors (Lipinski definition) is 2. The molecular formula is C14H31P2S2+. The molecule has 0 spiro atoms. The van der Waals surface area contributed by atoms with Gasteiger partial charge in [-0.3, -0.25) is 0 Å². The maximum Gasteiger partial charge on any atom is 0.173 e. The second-order valence-electron chi connectivity index (χ2n) is 8.41. The van der Waals surface area contributed by atoms with E-state index >= 15 is 0 Å². The Bertz CT molecular complexity index is 351. The van der Waals surface area contributed by atoms with Crippen molar-refractivity contribution in [3.8, 4) is 0 Å². The first-order valence-corrected chi connectivity index (χ1v) is 11.9. The first kappa shape index (κ1) is 19.2. The van der Waals surface area contributed by atoms with Crippen LogP contribution in [0.5, 0.6) is 0 Å². The molecule has 0 saturated carbocycles. The van der Waals surface area contributed by atoms with E-state index in [0.717, 1.165) is 0 Å². The van der Waals surface area contributed by atoms with E-state index in [-0.39, 0.29) is 20.9 Å². The smallest absolute Gasteiger partial charge is 0.0922 e. The number of hydrogen-bond donors (Lipinski definition) is 0. The fourth-order valence-electron chi connectivity index (χ4n) is 3.30. The van der Waals surface area contributed by atoms with Gasteiger partial charge in [0.2, 0.25) is 0 Å². The standard InChI is InChI=1S/C14H30P2S2/c1-11(2,3)14(15-17,12(4,5)6)16(10,18)13(7,8)9/h1-10H3/p+1/t16-/m0/s1. The summed E-state index contributed by atoms with van der Waals surface area (Å²) in [5.74, 6) is 0. The molecule has 0 aliphatic rings. The van der Waals surface area contributed by atoms with Crippen molar-refractivity contribution in [2.24, 2.45) is 10.8 Å². The zero-order valence-corrected chi connectivity index (χ0v) is 17.3. The summed E-state index contributed by atoms with van der Waals surface area (Å²) < 4.78 is 0. The van der Waals surface area contributed by atoms with E-state index in [4.69, 9.17) is 23.6 Å². The summed E-state index contributed by atoms with van der Waals surface area (Å²) >= 11 is 11.9. The highest BCUT2D eigenvalue weighted by Crippen LogP contribution is 2.78. The van der Waals surface area contributed by atoms with Gasteiger partial charge < -0.3 is 0 Å². The quantitative estimate of drug-likeness (QED) is 0.586. The maximum atomic E-state index is 6.26. The van der Waals surface area contributed by atoms with Gasteiger partial charge in [-0.2, -0.15) is 0 Å². The lowest BCUT2D eigenvalue weighted by atomic mass is 9.76. The van der Waals surface area contributed by atoms with E-state index in [9.17, 15) is 0 Å². The molecule has 0 aliphatic heterocycles. The Hall–Kier alpha value is 1.17. The van der Waals surface area contributed by atoms with Gasteiger partial charge >= 0.3 is 0 Å². The largest absolute Gasteiger partial charge is 0.173 e. The highest BCUT2D eigenvalue weighted by molar-refractivity contribution is 8.19. The Balaban J connectivity index is 6.47. The van der Waals surface area contributed by atoms with Gasteiger partial charge in [0.05, 0.1) is 0 Å². The third-order valence-electron chi connectivity index (χ3n) is 4.24. The molecule has 18 heavy (non-hydrogen) atoms.